The predicted octanol–water partition coefficient (Wildman–Crippen LogP) is 5.96. The zero-order valence-corrected chi connectivity index (χ0v) is 17.1. The summed E-state index contributed by atoms with van der Waals surface area (Å²) in [6, 6.07) is 9.90. The first kappa shape index (κ1) is 22.2. The van der Waals surface area contributed by atoms with Gasteiger partial charge in [0.15, 0.2) is 11.7 Å². The molecule has 9 heteroatoms. The van der Waals surface area contributed by atoms with Crippen LogP contribution in [0.2, 0.25) is 10.0 Å². The molecule has 2 aromatic carbocycles. The van der Waals surface area contributed by atoms with Crippen molar-refractivity contribution in [3.63, 3.8) is 0 Å². The van der Waals surface area contributed by atoms with Crippen LogP contribution < -0.4 is 5.32 Å². The van der Waals surface area contributed by atoms with Gasteiger partial charge in [-0.1, -0.05) is 35.3 Å². The van der Waals surface area contributed by atoms with Crippen LogP contribution in [0.3, 0.4) is 0 Å². The first-order valence-corrected chi connectivity index (χ1v) is 9.81. The van der Waals surface area contributed by atoms with Gasteiger partial charge >= 0.3 is 6.18 Å². The summed E-state index contributed by atoms with van der Waals surface area (Å²) in [4.78, 5) is 16.1. The summed E-state index contributed by atoms with van der Waals surface area (Å²) in [6.45, 7) is 0.321. The van der Waals surface area contributed by atoms with Gasteiger partial charge in [0, 0.05) is 30.0 Å². The van der Waals surface area contributed by atoms with Gasteiger partial charge in [-0.05, 0) is 42.3 Å². The van der Waals surface area contributed by atoms with Crippen LogP contribution in [0.15, 0.2) is 53.1 Å². The average molecular weight is 457 g/mol. The Morgan fingerprint density at radius 3 is 2.47 bits per heavy atom. The third-order valence-electron chi connectivity index (χ3n) is 4.33. The van der Waals surface area contributed by atoms with Crippen molar-refractivity contribution in [3.05, 3.63) is 75.7 Å². The molecule has 0 fully saturated rings. The summed E-state index contributed by atoms with van der Waals surface area (Å²) < 4.78 is 43.3. The monoisotopic (exact) mass is 456 g/mol. The maximum Gasteiger partial charge on any atom is 0.416 e. The topological polar surface area (TPSA) is 55.1 Å². The number of halogens is 5. The lowest BCUT2D eigenvalue weighted by molar-refractivity contribution is -0.137. The Balaban J connectivity index is 1.44. The van der Waals surface area contributed by atoms with Crippen LogP contribution in [-0.4, -0.2) is 17.4 Å². The second-order valence-electron chi connectivity index (χ2n) is 6.54. The molecule has 1 heterocycles. The fourth-order valence-corrected chi connectivity index (χ4v) is 3.26. The van der Waals surface area contributed by atoms with Crippen LogP contribution in [-0.2, 0) is 23.8 Å². The molecule has 1 aromatic heterocycles. The number of carbonyl (C=O) groups excluding carboxylic acids is 1. The second kappa shape index (κ2) is 9.53. The number of nitrogens with one attached hydrogen (secondary N) is 1. The lowest BCUT2D eigenvalue weighted by Crippen LogP contribution is -2.25. The number of amides is 1. The number of benzene rings is 2. The standard InChI is InChI=1S/C21H17Cl2F3N2O2/c22-15-5-6-16(17(23)11-15)18-12-28-20(30-18)8-7-19(29)27-10-9-13-1-3-14(4-2-13)21(24,25)26/h1-6,11-12H,7-10H2,(H,27,29). The molecule has 1 amide bonds. The van der Waals surface area contributed by atoms with Crippen molar-refractivity contribution in [1.82, 2.24) is 10.3 Å². The normalized spacial score (nSPS) is 11.5. The Labute approximate surface area is 181 Å². The van der Waals surface area contributed by atoms with E-state index in [9.17, 15) is 18.0 Å². The SMILES string of the molecule is O=C(CCc1ncc(-c2ccc(Cl)cc2Cl)o1)NCCc1ccc(C(F)(F)F)cc1. The third kappa shape index (κ3) is 6.00. The van der Waals surface area contributed by atoms with Crippen LogP contribution in [0.25, 0.3) is 11.3 Å². The Bertz CT molecular complexity index is 1020. The van der Waals surface area contributed by atoms with E-state index in [0.29, 0.717) is 52.2 Å². The van der Waals surface area contributed by atoms with Crippen LogP contribution >= 0.6 is 23.2 Å². The highest BCUT2D eigenvalue weighted by molar-refractivity contribution is 6.36. The van der Waals surface area contributed by atoms with Crippen LogP contribution in [0, 0.1) is 0 Å². The molecule has 0 aliphatic rings. The van der Waals surface area contributed by atoms with E-state index in [1.807, 2.05) is 0 Å². The van der Waals surface area contributed by atoms with E-state index < -0.39 is 11.7 Å². The minimum atomic E-state index is -4.36. The zero-order valence-electron chi connectivity index (χ0n) is 15.6. The van der Waals surface area contributed by atoms with E-state index in [2.05, 4.69) is 10.3 Å². The van der Waals surface area contributed by atoms with Crippen molar-refractivity contribution >= 4 is 29.1 Å². The predicted molar refractivity (Wildman–Crippen MR) is 108 cm³/mol. The van der Waals surface area contributed by atoms with Crippen molar-refractivity contribution in [2.45, 2.75) is 25.4 Å². The maximum absolute atomic E-state index is 12.6. The van der Waals surface area contributed by atoms with Gasteiger partial charge in [0.05, 0.1) is 16.8 Å². The van der Waals surface area contributed by atoms with E-state index in [1.165, 1.54) is 18.3 Å². The molecular formula is C21H17Cl2F3N2O2. The molecule has 3 aromatic rings. The van der Waals surface area contributed by atoms with Crippen molar-refractivity contribution in [1.29, 1.82) is 0 Å². The molecule has 1 N–H and O–H groups in total. The summed E-state index contributed by atoms with van der Waals surface area (Å²) in [5.74, 6) is 0.675. The first-order chi connectivity index (χ1) is 14.2. The number of hydrogen-bond acceptors (Lipinski definition) is 3. The van der Waals surface area contributed by atoms with Crippen molar-refractivity contribution in [3.8, 4) is 11.3 Å². The summed E-state index contributed by atoms with van der Waals surface area (Å²) in [5.41, 5.74) is 0.668. The van der Waals surface area contributed by atoms with Gasteiger partial charge in [-0.3, -0.25) is 4.79 Å². The molecular weight excluding hydrogens is 440 g/mol. The van der Waals surface area contributed by atoms with E-state index >= 15 is 0 Å². The molecule has 4 nitrogen and oxygen atoms in total. The molecule has 0 aliphatic carbocycles. The van der Waals surface area contributed by atoms with Gasteiger partial charge < -0.3 is 9.73 Å². The van der Waals surface area contributed by atoms with E-state index in [1.54, 1.807) is 18.2 Å². The van der Waals surface area contributed by atoms with Gasteiger partial charge in [0.25, 0.3) is 0 Å². The molecule has 0 aliphatic heterocycles. The van der Waals surface area contributed by atoms with Gasteiger partial charge in [-0.15, -0.1) is 0 Å². The van der Waals surface area contributed by atoms with Crippen molar-refractivity contribution < 1.29 is 22.4 Å². The summed E-state index contributed by atoms with van der Waals surface area (Å²) >= 11 is 12.0. The van der Waals surface area contributed by atoms with Gasteiger partial charge in [0.2, 0.25) is 5.91 Å². The van der Waals surface area contributed by atoms with Crippen molar-refractivity contribution in [2.24, 2.45) is 0 Å². The molecule has 0 radical (unpaired) electrons. The smallest absolute Gasteiger partial charge is 0.416 e. The van der Waals surface area contributed by atoms with E-state index in [4.69, 9.17) is 27.6 Å². The highest BCUT2D eigenvalue weighted by Gasteiger charge is 2.29. The number of aryl methyl sites for hydroxylation is 1. The largest absolute Gasteiger partial charge is 0.441 e. The highest BCUT2D eigenvalue weighted by atomic mass is 35.5. The summed E-state index contributed by atoms with van der Waals surface area (Å²) in [5, 5.41) is 3.68. The van der Waals surface area contributed by atoms with Crippen LogP contribution in [0.5, 0.6) is 0 Å². The zero-order chi connectivity index (χ0) is 21.7. The third-order valence-corrected chi connectivity index (χ3v) is 4.88. The number of aromatic nitrogens is 1. The lowest BCUT2D eigenvalue weighted by Gasteiger charge is -2.08. The summed E-state index contributed by atoms with van der Waals surface area (Å²) in [7, 11) is 0. The molecule has 30 heavy (non-hydrogen) atoms. The molecule has 0 atom stereocenters. The molecule has 0 unspecified atom stereocenters. The molecule has 3 rings (SSSR count). The number of rotatable bonds is 7. The number of hydrogen-bond donors (Lipinski definition) is 1. The fraction of sp³-hybridized carbons (Fsp3) is 0.238. The van der Waals surface area contributed by atoms with E-state index in [-0.39, 0.29) is 12.3 Å². The van der Waals surface area contributed by atoms with Crippen LogP contribution in [0.4, 0.5) is 13.2 Å². The number of nitrogens with zero attached hydrogens (tertiary/aromatic N) is 1. The first-order valence-electron chi connectivity index (χ1n) is 9.05. The quantitative estimate of drug-likeness (QED) is 0.477. The summed E-state index contributed by atoms with van der Waals surface area (Å²) in [6.07, 6.45) is -1.92. The van der Waals surface area contributed by atoms with Gasteiger partial charge in [-0.25, -0.2) is 4.98 Å². The minimum Gasteiger partial charge on any atom is -0.441 e. The number of oxazole rings is 1. The van der Waals surface area contributed by atoms with Crippen LogP contribution in [0.1, 0.15) is 23.4 Å². The molecule has 158 valence electrons. The molecule has 0 saturated carbocycles. The molecule has 0 saturated heterocycles. The average Bonchev–Trinajstić information content (AvgIpc) is 3.15. The Hall–Kier alpha value is -2.51. The van der Waals surface area contributed by atoms with E-state index in [0.717, 1.165) is 12.1 Å². The highest BCUT2D eigenvalue weighted by Crippen LogP contribution is 2.31. The number of carbonyl (C=O) groups is 1. The Morgan fingerprint density at radius 1 is 1.07 bits per heavy atom. The second-order valence-corrected chi connectivity index (χ2v) is 7.38. The Morgan fingerprint density at radius 2 is 1.80 bits per heavy atom. The van der Waals surface area contributed by atoms with Crippen molar-refractivity contribution in [2.75, 3.05) is 6.54 Å². The molecule has 0 bridgehead atoms. The lowest BCUT2D eigenvalue weighted by atomic mass is 10.1. The molecule has 0 spiro atoms. The van der Waals surface area contributed by atoms with Gasteiger partial charge in [-0.2, -0.15) is 13.2 Å². The Kier molecular flexibility index (Phi) is 7.05. The van der Waals surface area contributed by atoms with Gasteiger partial charge in [0.1, 0.15) is 0 Å². The maximum atomic E-state index is 12.6. The fourth-order valence-electron chi connectivity index (χ4n) is 2.76. The number of alkyl halides is 3. The minimum absolute atomic E-state index is 0.168.